The second-order valence-corrected chi connectivity index (χ2v) is 7.98. The first kappa shape index (κ1) is 24.7. The highest BCUT2D eigenvalue weighted by Crippen LogP contribution is 2.42. The van der Waals surface area contributed by atoms with E-state index in [4.69, 9.17) is 14.9 Å². The summed E-state index contributed by atoms with van der Waals surface area (Å²) in [5.41, 5.74) is -0.224. The summed E-state index contributed by atoms with van der Waals surface area (Å²) in [6.45, 7) is 5.08. The Bertz CT molecular complexity index is 1220. The number of hydrogen-bond donors (Lipinski definition) is 3. The Labute approximate surface area is 192 Å². The van der Waals surface area contributed by atoms with Gasteiger partial charge in [-0.15, -0.1) is 0 Å². The van der Waals surface area contributed by atoms with Gasteiger partial charge in [-0.25, -0.2) is 18.8 Å². The summed E-state index contributed by atoms with van der Waals surface area (Å²) in [5, 5.41) is 25.0. The first-order valence-corrected chi connectivity index (χ1v) is 10.4. The van der Waals surface area contributed by atoms with Crippen LogP contribution in [-0.2, 0) is 9.59 Å². The van der Waals surface area contributed by atoms with Crippen LogP contribution in [0, 0.1) is 5.82 Å². The molecule has 0 aliphatic carbocycles. The molecule has 1 atom stereocenters. The number of pyridine rings is 1. The van der Waals surface area contributed by atoms with E-state index in [1.165, 1.54) is 6.20 Å². The van der Waals surface area contributed by atoms with Crippen molar-refractivity contribution in [2.75, 3.05) is 44.7 Å². The number of aromatic nitrogens is 1. The minimum atomic E-state index is -1.32. The number of anilines is 1. The molecule has 11 nitrogen and oxygen atoms in total. The lowest BCUT2D eigenvalue weighted by Crippen LogP contribution is -2.45. The molecule has 0 amide bonds. The summed E-state index contributed by atoms with van der Waals surface area (Å²) < 4.78 is 22.6. The molecule has 3 N–H and O–H groups in total. The Kier molecular flexibility index (Phi) is 7.20. The summed E-state index contributed by atoms with van der Waals surface area (Å²) in [6.07, 6.45) is 2.46. The van der Waals surface area contributed by atoms with Gasteiger partial charge >= 0.3 is 17.9 Å². The summed E-state index contributed by atoms with van der Waals surface area (Å²) in [7, 11) is 2.02. The van der Waals surface area contributed by atoms with Crippen LogP contribution < -0.4 is 15.1 Å². The van der Waals surface area contributed by atoms with Gasteiger partial charge in [0.15, 0.2) is 11.6 Å². The van der Waals surface area contributed by atoms with Gasteiger partial charge in [0.2, 0.25) is 5.43 Å². The number of halogens is 1. The number of benzene rings is 1. The molecule has 12 heteroatoms. The topological polar surface area (TPSA) is 150 Å². The van der Waals surface area contributed by atoms with E-state index in [1.54, 1.807) is 4.57 Å². The van der Waals surface area contributed by atoms with Crippen LogP contribution in [-0.4, -0.2) is 82.5 Å². The molecule has 4 rings (SSSR count). The number of carboxylic acid groups (broad SMARTS) is 3. The molecule has 1 aromatic heterocycles. The molecule has 34 heavy (non-hydrogen) atoms. The van der Waals surface area contributed by atoms with Crippen LogP contribution in [0.2, 0.25) is 0 Å². The molecule has 0 unspecified atom stereocenters. The van der Waals surface area contributed by atoms with Crippen molar-refractivity contribution in [3.63, 3.8) is 0 Å². The second-order valence-electron chi connectivity index (χ2n) is 7.98. The van der Waals surface area contributed by atoms with Gasteiger partial charge < -0.3 is 34.4 Å². The van der Waals surface area contributed by atoms with Crippen LogP contribution in [0.15, 0.2) is 29.2 Å². The number of carbonyl (C=O) groups is 3. The second kappa shape index (κ2) is 9.91. The van der Waals surface area contributed by atoms with Gasteiger partial charge in [0, 0.05) is 44.5 Å². The van der Waals surface area contributed by atoms with Crippen LogP contribution in [0.3, 0.4) is 0 Å². The number of carboxylic acids is 3. The normalized spacial score (nSPS) is 17.7. The van der Waals surface area contributed by atoms with E-state index in [0.717, 1.165) is 19.2 Å². The van der Waals surface area contributed by atoms with E-state index in [1.807, 2.05) is 18.9 Å². The van der Waals surface area contributed by atoms with Crippen molar-refractivity contribution in [1.29, 1.82) is 0 Å². The molecule has 0 saturated carbocycles. The van der Waals surface area contributed by atoms with E-state index >= 15 is 0 Å². The average molecular weight is 477 g/mol. The molecule has 1 aromatic carbocycles. The third-order valence-electron chi connectivity index (χ3n) is 5.56. The van der Waals surface area contributed by atoms with Gasteiger partial charge in [-0.3, -0.25) is 4.79 Å². The van der Waals surface area contributed by atoms with Gasteiger partial charge in [0.25, 0.3) is 0 Å². The summed E-state index contributed by atoms with van der Waals surface area (Å²) in [6, 6.07) is 0.994. The number of nitrogens with zero attached hydrogens (tertiary/aromatic N) is 3. The molecule has 3 heterocycles. The third kappa shape index (κ3) is 5.01. The molecule has 0 bridgehead atoms. The van der Waals surface area contributed by atoms with Crippen molar-refractivity contribution in [2.45, 2.75) is 13.0 Å². The van der Waals surface area contributed by atoms with E-state index in [0.29, 0.717) is 42.2 Å². The van der Waals surface area contributed by atoms with E-state index in [9.17, 15) is 28.7 Å². The molecule has 0 radical (unpaired) electrons. The summed E-state index contributed by atoms with van der Waals surface area (Å²) >= 11 is 0. The van der Waals surface area contributed by atoms with Gasteiger partial charge in [0.1, 0.15) is 17.9 Å². The van der Waals surface area contributed by atoms with E-state index < -0.39 is 29.2 Å². The first-order valence-electron chi connectivity index (χ1n) is 10.4. The van der Waals surface area contributed by atoms with Gasteiger partial charge in [-0.1, -0.05) is 0 Å². The van der Waals surface area contributed by atoms with E-state index in [-0.39, 0.29) is 23.6 Å². The zero-order valence-corrected chi connectivity index (χ0v) is 18.5. The maximum atomic E-state index is 15.0. The first-order chi connectivity index (χ1) is 16.0. The lowest BCUT2D eigenvalue weighted by Gasteiger charge is -2.37. The lowest BCUT2D eigenvalue weighted by molar-refractivity contribution is -0.134. The molecular weight excluding hydrogens is 453 g/mol. The number of aromatic carboxylic acids is 1. The average Bonchev–Trinajstić information content (AvgIpc) is 2.77. The van der Waals surface area contributed by atoms with Crippen molar-refractivity contribution in [3.8, 4) is 5.75 Å². The molecule has 0 spiro atoms. The molecule has 2 aliphatic heterocycles. The Balaban J connectivity index is 0.000000350. The predicted molar refractivity (Wildman–Crippen MR) is 119 cm³/mol. The van der Waals surface area contributed by atoms with Gasteiger partial charge in [-0.2, -0.15) is 0 Å². The van der Waals surface area contributed by atoms with Crippen LogP contribution in [0.25, 0.3) is 10.9 Å². The third-order valence-corrected chi connectivity index (χ3v) is 5.56. The fraction of sp³-hybridized carbons (Fsp3) is 0.364. The highest BCUT2D eigenvalue weighted by atomic mass is 19.1. The molecule has 1 saturated heterocycles. The molecule has 2 aromatic rings. The number of likely N-dealkylation sites (N-methyl/N-ethyl adjacent to an activating group) is 1. The van der Waals surface area contributed by atoms with E-state index in [2.05, 4.69) is 4.90 Å². The van der Waals surface area contributed by atoms with Crippen LogP contribution in [0.5, 0.6) is 5.75 Å². The zero-order valence-electron chi connectivity index (χ0n) is 18.5. The van der Waals surface area contributed by atoms with Crippen LogP contribution in [0.4, 0.5) is 10.1 Å². The highest BCUT2D eigenvalue weighted by molar-refractivity contribution is 5.97. The standard InChI is InChI=1S/C18H20FN3O4.C4H4O4/c1-10-9-26-17-14-11(16(23)12(18(24)25)8-22(10)14)7-13(19)15(17)21-5-3-20(2)4-6-21;5-3(6)1-2-4(7)8/h7-8,10H,3-6,9H2,1-2H3,(H,24,25);1-2H,(H,5,6)(H,7,8)/b;2-1+/t10-;/m0./s1. The lowest BCUT2D eigenvalue weighted by atomic mass is 10.1. The quantitative estimate of drug-likeness (QED) is 0.549. The van der Waals surface area contributed by atoms with Crippen molar-refractivity contribution in [2.24, 2.45) is 0 Å². The Hall–Kier alpha value is -3.93. The minimum Gasteiger partial charge on any atom is -0.487 e. The fourth-order valence-corrected chi connectivity index (χ4v) is 3.83. The molecule has 182 valence electrons. The van der Waals surface area contributed by atoms with Gasteiger partial charge in [-0.05, 0) is 20.0 Å². The largest absolute Gasteiger partial charge is 0.487 e. The zero-order chi connectivity index (χ0) is 25.2. The molecular formula is C22H24FN3O8. The van der Waals surface area contributed by atoms with Crippen molar-refractivity contribution < 1.29 is 38.8 Å². The minimum absolute atomic E-state index is 0.0434. The Morgan fingerprint density at radius 2 is 1.68 bits per heavy atom. The number of piperazine rings is 1. The van der Waals surface area contributed by atoms with Gasteiger partial charge in [0.05, 0.1) is 16.9 Å². The molecule has 2 aliphatic rings. The van der Waals surface area contributed by atoms with Crippen LogP contribution >= 0.6 is 0 Å². The maximum absolute atomic E-state index is 15.0. The van der Waals surface area contributed by atoms with Crippen molar-refractivity contribution in [3.05, 3.63) is 46.0 Å². The monoisotopic (exact) mass is 477 g/mol. The maximum Gasteiger partial charge on any atom is 0.341 e. The van der Waals surface area contributed by atoms with Crippen molar-refractivity contribution >= 4 is 34.5 Å². The predicted octanol–water partition coefficient (Wildman–Crippen LogP) is 1.26. The Morgan fingerprint density at radius 1 is 1.09 bits per heavy atom. The fourth-order valence-electron chi connectivity index (χ4n) is 3.83. The highest BCUT2D eigenvalue weighted by Gasteiger charge is 2.30. The number of aliphatic carboxylic acids is 2. The Morgan fingerprint density at radius 3 is 2.21 bits per heavy atom. The molecule has 1 fully saturated rings. The van der Waals surface area contributed by atoms with Crippen LogP contribution in [0.1, 0.15) is 23.3 Å². The SMILES string of the molecule is C[C@H]1COc2c(N3CCN(C)CC3)c(F)cc3c(=O)c(C(=O)O)cn1c23.O=C(O)/C=C/C(=O)O. The van der Waals surface area contributed by atoms with Crippen molar-refractivity contribution in [1.82, 2.24) is 9.47 Å². The smallest absolute Gasteiger partial charge is 0.341 e. The number of hydrogen-bond acceptors (Lipinski definition) is 7. The number of ether oxygens (including phenoxy) is 1. The summed E-state index contributed by atoms with van der Waals surface area (Å²) in [5.74, 6) is -4.06. The number of rotatable bonds is 4. The summed E-state index contributed by atoms with van der Waals surface area (Å²) in [4.78, 5) is 47.2.